The summed E-state index contributed by atoms with van der Waals surface area (Å²) < 4.78 is 5.27. The Morgan fingerprint density at radius 3 is 2.41 bits per heavy atom. The first-order chi connectivity index (χ1) is 15.6. The van der Waals surface area contributed by atoms with Crippen molar-refractivity contribution in [3.05, 3.63) is 30.6 Å². The molecule has 32 heavy (non-hydrogen) atoms. The van der Waals surface area contributed by atoms with E-state index in [9.17, 15) is 4.79 Å². The molecule has 1 aromatic carbocycles. The van der Waals surface area contributed by atoms with Gasteiger partial charge < -0.3 is 14.5 Å². The van der Waals surface area contributed by atoms with Crippen LogP contribution < -0.4 is 9.64 Å². The minimum absolute atomic E-state index is 0.0199. The molecule has 4 aliphatic carbocycles. The van der Waals surface area contributed by atoms with Crippen LogP contribution in [0.4, 0.5) is 5.69 Å². The van der Waals surface area contributed by atoms with Gasteiger partial charge in [0.15, 0.2) is 6.33 Å². The van der Waals surface area contributed by atoms with Crippen molar-refractivity contribution >= 4 is 11.6 Å². The number of carbonyl (C=O) groups excluding carboxylic acids is 1. The van der Waals surface area contributed by atoms with Gasteiger partial charge in [-0.25, -0.2) is 0 Å². The van der Waals surface area contributed by atoms with Crippen molar-refractivity contribution in [1.29, 1.82) is 0 Å². The highest BCUT2D eigenvalue weighted by atomic mass is 16.5. The van der Waals surface area contributed by atoms with Crippen LogP contribution in [0, 0.1) is 17.3 Å². The average Bonchev–Trinajstić information content (AvgIpc) is 3.34. The van der Waals surface area contributed by atoms with Crippen molar-refractivity contribution in [3.8, 4) is 5.75 Å². The lowest BCUT2D eigenvalue weighted by molar-refractivity contribution is -0.147. The smallest absolute Gasteiger partial charge is 0.223 e. The first-order valence-electron chi connectivity index (χ1n) is 12.0. The third-order valence-electron chi connectivity index (χ3n) is 8.52. The fraction of sp³-hybridized carbons (Fsp3) is 0.667. The normalized spacial score (nSPS) is 33.5. The summed E-state index contributed by atoms with van der Waals surface area (Å²) in [5.41, 5.74) is 1.29. The first-order valence-corrected chi connectivity index (χ1v) is 12.0. The Bertz CT molecular complexity index is 953. The SMILES string of the molecule is COc1ccc(N2CCN(C(=O)CC34C[C@H]5C[C@@H](C3)CC(n3ncnn3)(C5)C4)CC2)cc1. The number of methoxy groups -OCH3 is 1. The molecule has 7 rings (SSSR count). The molecule has 8 nitrogen and oxygen atoms in total. The zero-order valence-corrected chi connectivity index (χ0v) is 18.8. The van der Waals surface area contributed by atoms with E-state index in [0.717, 1.165) is 51.2 Å². The van der Waals surface area contributed by atoms with Crippen LogP contribution in [0.25, 0.3) is 0 Å². The Morgan fingerprint density at radius 2 is 1.78 bits per heavy atom. The Hall–Kier alpha value is -2.64. The molecule has 1 aromatic heterocycles. The molecule has 0 radical (unpaired) electrons. The van der Waals surface area contributed by atoms with Crippen LogP contribution >= 0.6 is 0 Å². The first kappa shape index (κ1) is 20.0. The van der Waals surface area contributed by atoms with Crippen LogP contribution in [0.2, 0.25) is 0 Å². The van der Waals surface area contributed by atoms with Gasteiger partial charge >= 0.3 is 0 Å². The number of aromatic nitrogens is 4. The van der Waals surface area contributed by atoms with E-state index in [2.05, 4.69) is 37.3 Å². The number of hydrogen-bond donors (Lipinski definition) is 0. The summed E-state index contributed by atoms with van der Waals surface area (Å²) in [5.74, 6) is 2.60. The maximum Gasteiger partial charge on any atom is 0.223 e. The number of carbonyl (C=O) groups is 1. The summed E-state index contributed by atoms with van der Waals surface area (Å²) in [5, 5.41) is 12.7. The lowest BCUT2D eigenvalue weighted by Crippen LogP contribution is -2.58. The predicted octanol–water partition coefficient (Wildman–Crippen LogP) is 2.72. The van der Waals surface area contributed by atoms with Gasteiger partial charge in [0.1, 0.15) is 5.75 Å². The fourth-order valence-electron chi connectivity index (χ4n) is 7.67. The van der Waals surface area contributed by atoms with Crippen LogP contribution in [-0.4, -0.2) is 64.3 Å². The maximum absolute atomic E-state index is 13.4. The van der Waals surface area contributed by atoms with Crippen molar-refractivity contribution < 1.29 is 9.53 Å². The Morgan fingerprint density at radius 1 is 1.06 bits per heavy atom. The average molecular weight is 437 g/mol. The zero-order chi connectivity index (χ0) is 21.8. The second-order valence-electron chi connectivity index (χ2n) is 10.7. The molecule has 1 aliphatic heterocycles. The molecule has 4 bridgehead atoms. The summed E-state index contributed by atoms with van der Waals surface area (Å²) >= 11 is 0. The van der Waals surface area contributed by atoms with Crippen LogP contribution in [0.5, 0.6) is 5.75 Å². The Labute approximate surface area is 188 Å². The number of piperazine rings is 1. The molecule has 8 heteroatoms. The summed E-state index contributed by atoms with van der Waals surface area (Å²) in [6.07, 6.45) is 9.26. The van der Waals surface area contributed by atoms with Crippen LogP contribution in [0.3, 0.4) is 0 Å². The summed E-state index contributed by atoms with van der Waals surface area (Å²) in [4.78, 5) is 19.8. The Balaban J connectivity index is 1.12. The van der Waals surface area contributed by atoms with E-state index in [4.69, 9.17) is 4.74 Å². The number of hydrogen-bond acceptors (Lipinski definition) is 6. The van der Waals surface area contributed by atoms with E-state index < -0.39 is 0 Å². The molecule has 1 amide bonds. The highest BCUT2D eigenvalue weighted by Crippen LogP contribution is 2.65. The predicted molar refractivity (Wildman–Crippen MR) is 119 cm³/mol. The number of ether oxygens (including phenoxy) is 1. The second-order valence-corrected chi connectivity index (χ2v) is 10.7. The third-order valence-corrected chi connectivity index (χ3v) is 8.52. The number of rotatable bonds is 5. The van der Waals surface area contributed by atoms with Gasteiger partial charge in [-0.2, -0.15) is 4.80 Å². The topological polar surface area (TPSA) is 76.4 Å². The van der Waals surface area contributed by atoms with E-state index in [0.29, 0.717) is 24.2 Å². The van der Waals surface area contributed by atoms with Gasteiger partial charge in [0.2, 0.25) is 5.91 Å². The minimum atomic E-state index is -0.0199. The van der Waals surface area contributed by atoms with Gasteiger partial charge in [0.05, 0.1) is 12.6 Å². The van der Waals surface area contributed by atoms with Crippen molar-refractivity contribution in [1.82, 2.24) is 25.1 Å². The van der Waals surface area contributed by atoms with Crippen molar-refractivity contribution in [2.45, 2.75) is 50.5 Å². The van der Waals surface area contributed by atoms with Crippen molar-refractivity contribution in [2.75, 3.05) is 38.2 Å². The van der Waals surface area contributed by atoms with E-state index in [-0.39, 0.29) is 11.0 Å². The third kappa shape index (κ3) is 3.35. The maximum atomic E-state index is 13.4. The van der Waals surface area contributed by atoms with E-state index >= 15 is 0 Å². The molecule has 0 spiro atoms. The van der Waals surface area contributed by atoms with Crippen molar-refractivity contribution in [3.63, 3.8) is 0 Å². The van der Waals surface area contributed by atoms with Gasteiger partial charge in [-0.1, -0.05) is 0 Å². The largest absolute Gasteiger partial charge is 0.497 e. The highest BCUT2D eigenvalue weighted by molar-refractivity contribution is 5.77. The quantitative estimate of drug-likeness (QED) is 0.717. The van der Waals surface area contributed by atoms with Gasteiger partial charge in [0, 0.05) is 38.3 Å². The minimum Gasteiger partial charge on any atom is -0.497 e. The molecule has 5 aliphatic rings. The standard InChI is InChI=1S/C24H32N6O2/c1-32-21-4-2-20(3-5-21)28-6-8-29(9-7-28)22(31)15-23-11-18-10-19(12-23)14-24(13-18,16-23)30-26-17-25-27-30/h2-5,17-19H,6-16H2,1H3/t18-,19+,23?,24?. The molecule has 4 atom stereocenters. The van der Waals surface area contributed by atoms with Gasteiger partial charge in [-0.15, -0.1) is 10.2 Å². The molecule has 4 saturated carbocycles. The molecule has 170 valence electrons. The van der Waals surface area contributed by atoms with Crippen molar-refractivity contribution in [2.24, 2.45) is 17.3 Å². The highest BCUT2D eigenvalue weighted by Gasteiger charge is 2.60. The lowest BCUT2D eigenvalue weighted by atomic mass is 9.46. The monoisotopic (exact) mass is 436 g/mol. The molecule has 0 N–H and O–H groups in total. The summed E-state index contributed by atoms with van der Waals surface area (Å²) in [7, 11) is 1.69. The Kier molecular flexibility index (Phi) is 4.66. The zero-order valence-electron chi connectivity index (χ0n) is 18.8. The van der Waals surface area contributed by atoms with E-state index in [1.165, 1.54) is 24.9 Å². The number of tetrazole rings is 1. The molecule has 1 saturated heterocycles. The van der Waals surface area contributed by atoms with Gasteiger partial charge in [0.25, 0.3) is 0 Å². The van der Waals surface area contributed by atoms with Gasteiger partial charge in [-0.05, 0) is 85.3 Å². The number of anilines is 1. The summed E-state index contributed by atoms with van der Waals surface area (Å²) in [6, 6.07) is 8.20. The van der Waals surface area contributed by atoms with Gasteiger partial charge in [-0.3, -0.25) is 4.79 Å². The molecular formula is C24H32N6O2. The second kappa shape index (κ2) is 7.46. The molecule has 5 fully saturated rings. The molecule has 2 heterocycles. The summed E-state index contributed by atoms with van der Waals surface area (Å²) in [6.45, 7) is 3.35. The molecule has 2 unspecified atom stereocenters. The van der Waals surface area contributed by atoms with E-state index in [1.54, 1.807) is 13.4 Å². The lowest BCUT2D eigenvalue weighted by Gasteiger charge is -2.61. The fourth-order valence-corrected chi connectivity index (χ4v) is 7.67. The van der Waals surface area contributed by atoms with E-state index in [1.807, 2.05) is 16.9 Å². The van der Waals surface area contributed by atoms with Crippen LogP contribution in [0.15, 0.2) is 30.6 Å². The number of benzene rings is 1. The molecular weight excluding hydrogens is 404 g/mol. The number of amides is 1. The van der Waals surface area contributed by atoms with Crippen LogP contribution in [0.1, 0.15) is 44.9 Å². The number of nitrogens with zero attached hydrogens (tertiary/aromatic N) is 6. The van der Waals surface area contributed by atoms with Crippen LogP contribution in [-0.2, 0) is 10.3 Å². The molecule has 2 aromatic rings.